The van der Waals surface area contributed by atoms with Crippen LogP contribution in [0, 0.1) is 0 Å². The second-order valence-corrected chi connectivity index (χ2v) is 2.94. The molecule has 0 radical (unpaired) electrons. The quantitative estimate of drug-likeness (QED) is 0.511. The largest absolute Gasteiger partial charge is 0.162 e. The van der Waals surface area contributed by atoms with Crippen molar-refractivity contribution in [3.8, 4) is 0 Å². The van der Waals surface area contributed by atoms with Gasteiger partial charge in [-0.2, -0.15) is 11.8 Å². The predicted octanol–water partition coefficient (Wildman–Crippen LogP) is 2.54. The van der Waals surface area contributed by atoms with Crippen molar-refractivity contribution in [2.45, 2.75) is 26.7 Å². The molecule has 0 atom stereocenters. The fourth-order valence-electron chi connectivity index (χ4n) is 0.391. The molecule has 0 saturated heterocycles. The molecule has 0 aromatic rings. The van der Waals surface area contributed by atoms with E-state index in [1.807, 2.05) is 11.8 Å². The number of thioether (sulfide) groups is 1. The molecule has 1 heteroatoms. The molecule has 0 spiro atoms. The zero-order valence-corrected chi connectivity index (χ0v) is 6.05. The molecule has 44 valence electrons. The maximum absolute atomic E-state index is 2.23. The Morgan fingerprint density at radius 1 is 1.29 bits per heavy atom. The van der Waals surface area contributed by atoms with Crippen LogP contribution in [0.5, 0.6) is 0 Å². The van der Waals surface area contributed by atoms with Crippen LogP contribution in [0.15, 0.2) is 0 Å². The van der Waals surface area contributed by atoms with E-state index < -0.39 is 0 Å². The minimum absolute atomic E-state index is 1.28. The molecule has 0 rings (SSSR count). The topological polar surface area (TPSA) is 0 Å². The van der Waals surface area contributed by atoms with Crippen LogP contribution in [0.1, 0.15) is 26.7 Å². The van der Waals surface area contributed by atoms with Crippen LogP contribution in [0.25, 0.3) is 0 Å². The molecule has 0 saturated carbocycles. The SMILES string of the molecule is CCCCSCC. The average molecular weight is 118 g/mol. The smallest absolute Gasteiger partial charge is 0.00677 e. The lowest BCUT2D eigenvalue weighted by molar-refractivity contribution is 0.896. The molecule has 0 aromatic carbocycles. The first kappa shape index (κ1) is 7.35. The molecule has 0 bridgehead atoms. The second-order valence-electron chi connectivity index (χ2n) is 1.55. The van der Waals surface area contributed by atoms with Crippen molar-refractivity contribution < 1.29 is 0 Å². The van der Waals surface area contributed by atoms with Gasteiger partial charge in [-0.3, -0.25) is 0 Å². The van der Waals surface area contributed by atoms with Gasteiger partial charge in [0, 0.05) is 0 Å². The summed E-state index contributed by atoms with van der Waals surface area (Å²) < 4.78 is 0. The lowest BCUT2D eigenvalue weighted by atomic mass is 10.4. The normalized spacial score (nSPS) is 9.43. The van der Waals surface area contributed by atoms with E-state index in [0.717, 1.165) is 0 Å². The molecule has 0 aliphatic rings. The summed E-state index contributed by atoms with van der Waals surface area (Å²) in [6.07, 6.45) is 2.73. The predicted molar refractivity (Wildman–Crippen MR) is 37.9 cm³/mol. The summed E-state index contributed by atoms with van der Waals surface area (Å²) in [5, 5.41) is 0. The monoisotopic (exact) mass is 118 g/mol. The summed E-state index contributed by atoms with van der Waals surface area (Å²) in [7, 11) is 0. The highest BCUT2D eigenvalue weighted by molar-refractivity contribution is 7.99. The van der Waals surface area contributed by atoms with Crippen molar-refractivity contribution in [3.05, 3.63) is 0 Å². The highest BCUT2D eigenvalue weighted by Crippen LogP contribution is 2.01. The lowest BCUT2D eigenvalue weighted by Crippen LogP contribution is -1.76. The van der Waals surface area contributed by atoms with Crippen LogP contribution in [0.2, 0.25) is 0 Å². The lowest BCUT2D eigenvalue weighted by Gasteiger charge is -1.91. The summed E-state index contributed by atoms with van der Waals surface area (Å²) in [6.45, 7) is 4.44. The van der Waals surface area contributed by atoms with Gasteiger partial charge in [-0.25, -0.2) is 0 Å². The molecule has 0 unspecified atom stereocenters. The Kier molecular flexibility index (Phi) is 6.67. The van der Waals surface area contributed by atoms with E-state index in [1.165, 1.54) is 24.3 Å². The van der Waals surface area contributed by atoms with Crippen molar-refractivity contribution in [2.24, 2.45) is 0 Å². The molecule has 0 amide bonds. The minimum atomic E-state index is 1.28. The molecule has 0 fully saturated rings. The fraction of sp³-hybridized carbons (Fsp3) is 1.00. The maximum Gasteiger partial charge on any atom is -0.00677 e. The Balaban J connectivity index is 2.45. The Morgan fingerprint density at radius 2 is 2.00 bits per heavy atom. The highest BCUT2D eigenvalue weighted by Gasteiger charge is 1.79. The van der Waals surface area contributed by atoms with Crippen LogP contribution < -0.4 is 0 Å². The van der Waals surface area contributed by atoms with Crippen molar-refractivity contribution in [3.63, 3.8) is 0 Å². The van der Waals surface area contributed by atoms with Gasteiger partial charge in [0.1, 0.15) is 0 Å². The molecule has 0 aliphatic heterocycles. The first-order valence-corrected chi connectivity index (χ1v) is 4.15. The summed E-state index contributed by atoms with van der Waals surface area (Å²) in [4.78, 5) is 0. The van der Waals surface area contributed by atoms with Gasteiger partial charge in [0.15, 0.2) is 0 Å². The summed E-state index contributed by atoms with van der Waals surface area (Å²) >= 11 is 2.03. The van der Waals surface area contributed by atoms with Crippen LogP contribution in [0.3, 0.4) is 0 Å². The number of unbranched alkanes of at least 4 members (excludes halogenated alkanes) is 1. The number of hydrogen-bond donors (Lipinski definition) is 0. The summed E-state index contributed by atoms with van der Waals surface area (Å²) in [5.74, 6) is 2.63. The zero-order chi connectivity index (χ0) is 5.54. The third kappa shape index (κ3) is 6.35. The van der Waals surface area contributed by atoms with E-state index in [0.29, 0.717) is 0 Å². The molecular weight excluding hydrogens is 104 g/mol. The first-order valence-electron chi connectivity index (χ1n) is 2.99. The highest BCUT2D eigenvalue weighted by atomic mass is 32.2. The van der Waals surface area contributed by atoms with Crippen molar-refractivity contribution in [1.82, 2.24) is 0 Å². The van der Waals surface area contributed by atoms with E-state index >= 15 is 0 Å². The van der Waals surface area contributed by atoms with E-state index in [9.17, 15) is 0 Å². The van der Waals surface area contributed by atoms with Gasteiger partial charge >= 0.3 is 0 Å². The maximum atomic E-state index is 2.23. The number of hydrogen-bond acceptors (Lipinski definition) is 1. The molecule has 7 heavy (non-hydrogen) atoms. The van der Waals surface area contributed by atoms with E-state index in [-0.39, 0.29) is 0 Å². The Labute approximate surface area is 50.7 Å². The van der Waals surface area contributed by atoms with Crippen molar-refractivity contribution in [1.29, 1.82) is 0 Å². The van der Waals surface area contributed by atoms with Gasteiger partial charge < -0.3 is 0 Å². The Bertz CT molecular complexity index is 23.4. The molecule has 0 N–H and O–H groups in total. The minimum Gasteiger partial charge on any atom is -0.162 e. The van der Waals surface area contributed by atoms with Crippen molar-refractivity contribution >= 4 is 11.8 Å². The van der Waals surface area contributed by atoms with Gasteiger partial charge in [0.25, 0.3) is 0 Å². The zero-order valence-electron chi connectivity index (χ0n) is 5.24. The average Bonchev–Trinajstić information content (AvgIpc) is 1.69. The fourth-order valence-corrected chi connectivity index (χ4v) is 1.17. The molecule has 0 heterocycles. The van der Waals surface area contributed by atoms with Gasteiger partial charge in [-0.1, -0.05) is 20.3 Å². The van der Waals surface area contributed by atoms with E-state index in [1.54, 1.807) is 0 Å². The third-order valence-electron chi connectivity index (χ3n) is 0.846. The summed E-state index contributed by atoms with van der Waals surface area (Å²) in [5.41, 5.74) is 0. The van der Waals surface area contributed by atoms with Crippen LogP contribution in [0.4, 0.5) is 0 Å². The van der Waals surface area contributed by atoms with Crippen molar-refractivity contribution in [2.75, 3.05) is 11.5 Å². The molecule has 0 aromatic heterocycles. The van der Waals surface area contributed by atoms with E-state index in [2.05, 4.69) is 13.8 Å². The summed E-state index contributed by atoms with van der Waals surface area (Å²) in [6, 6.07) is 0. The van der Waals surface area contributed by atoms with Gasteiger partial charge in [0.05, 0.1) is 0 Å². The van der Waals surface area contributed by atoms with Crippen LogP contribution in [-0.4, -0.2) is 11.5 Å². The molecule has 0 nitrogen and oxygen atoms in total. The Morgan fingerprint density at radius 3 is 2.43 bits per heavy atom. The number of rotatable bonds is 4. The van der Waals surface area contributed by atoms with Gasteiger partial charge in [-0.15, -0.1) is 0 Å². The third-order valence-corrected chi connectivity index (χ3v) is 1.83. The Hall–Kier alpha value is 0.350. The molecule has 0 aliphatic carbocycles. The van der Waals surface area contributed by atoms with Crippen LogP contribution in [-0.2, 0) is 0 Å². The van der Waals surface area contributed by atoms with Gasteiger partial charge in [-0.05, 0) is 17.9 Å². The van der Waals surface area contributed by atoms with E-state index in [4.69, 9.17) is 0 Å². The first-order chi connectivity index (χ1) is 3.41. The van der Waals surface area contributed by atoms with Gasteiger partial charge in [0.2, 0.25) is 0 Å². The second kappa shape index (κ2) is 6.35. The van der Waals surface area contributed by atoms with Crippen LogP contribution >= 0.6 is 11.8 Å². The molecular formula is C6H14S. The standard InChI is InChI=1S/C6H14S/c1-3-5-6-7-4-2/h3-6H2,1-2H3.